The number of fused-ring (bicyclic) bond motifs is 2. The SMILES string of the molecule is CC.CC.CC1C(=O)N(C)c2ccccc2C(=O)N1C.CC1c2ccccc2C(=O)N(C)C(C)C1C. The Morgan fingerprint density at radius 2 is 1.11 bits per heavy atom. The minimum absolute atomic E-state index is 0.0687. The maximum atomic E-state index is 12.3. The molecule has 4 atom stereocenters. The van der Waals surface area contributed by atoms with Crippen LogP contribution in [0.4, 0.5) is 5.69 Å². The Morgan fingerprint density at radius 1 is 0.639 bits per heavy atom. The molecule has 0 radical (unpaired) electrons. The van der Waals surface area contributed by atoms with Crippen molar-refractivity contribution in [3.63, 3.8) is 0 Å². The first-order valence-corrected chi connectivity index (χ1v) is 13.1. The zero-order chi connectivity index (χ0) is 27.7. The highest BCUT2D eigenvalue weighted by molar-refractivity contribution is 6.10. The van der Waals surface area contributed by atoms with Crippen molar-refractivity contribution in [3.8, 4) is 0 Å². The minimum Gasteiger partial charge on any atom is -0.339 e. The fourth-order valence-corrected chi connectivity index (χ4v) is 4.39. The van der Waals surface area contributed by atoms with Crippen LogP contribution >= 0.6 is 0 Å². The van der Waals surface area contributed by atoms with Gasteiger partial charge in [0.1, 0.15) is 6.04 Å². The van der Waals surface area contributed by atoms with Crippen molar-refractivity contribution in [1.29, 1.82) is 0 Å². The second kappa shape index (κ2) is 13.8. The molecule has 0 spiro atoms. The Morgan fingerprint density at radius 3 is 1.69 bits per heavy atom. The number of likely N-dealkylation sites (N-methyl/N-ethyl adjacent to an activating group) is 2. The van der Waals surface area contributed by atoms with Crippen LogP contribution in [0.2, 0.25) is 0 Å². The number of nitrogens with zero attached hydrogens (tertiary/aromatic N) is 3. The Kier molecular flexibility index (Phi) is 11.8. The van der Waals surface area contributed by atoms with Gasteiger partial charge in [0.05, 0.1) is 11.3 Å². The number of rotatable bonds is 0. The van der Waals surface area contributed by atoms with Crippen molar-refractivity contribution in [3.05, 3.63) is 65.2 Å². The van der Waals surface area contributed by atoms with Gasteiger partial charge in [0.25, 0.3) is 11.8 Å². The standard InChI is InChI=1S/C14H19NO.C12H14N2O2.2C2H6/c1-9-10(2)12-7-5-6-8-13(12)14(16)15(4)11(9)3;1-8-11(15)14(3)10-7-5-4-6-9(10)12(16)13(8)2;2*1-2/h5-11H,1-4H3;4-8H,1-3H3;2*1-2H3. The molecule has 0 bridgehead atoms. The lowest BCUT2D eigenvalue weighted by molar-refractivity contribution is -0.121. The molecule has 36 heavy (non-hydrogen) atoms. The second-order valence-corrected chi connectivity index (χ2v) is 8.90. The number of para-hydroxylation sites is 1. The van der Waals surface area contributed by atoms with E-state index in [-0.39, 0.29) is 23.8 Å². The summed E-state index contributed by atoms with van der Waals surface area (Å²) < 4.78 is 0. The van der Waals surface area contributed by atoms with Gasteiger partial charge in [-0.3, -0.25) is 14.4 Å². The van der Waals surface area contributed by atoms with Crippen LogP contribution in [0.15, 0.2) is 48.5 Å². The lowest BCUT2D eigenvalue weighted by Crippen LogP contribution is -2.43. The monoisotopic (exact) mass is 495 g/mol. The van der Waals surface area contributed by atoms with E-state index in [1.54, 1.807) is 44.1 Å². The van der Waals surface area contributed by atoms with E-state index < -0.39 is 6.04 Å². The van der Waals surface area contributed by atoms with Gasteiger partial charge < -0.3 is 14.7 Å². The van der Waals surface area contributed by atoms with E-state index in [2.05, 4.69) is 26.8 Å². The summed E-state index contributed by atoms with van der Waals surface area (Å²) in [4.78, 5) is 41.2. The normalized spacial score (nSPS) is 22.9. The van der Waals surface area contributed by atoms with Crippen LogP contribution in [0.3, 0.4) is 0 Å². The van der Waals surface area contributed by atoms with Crippen LogP contribution in [0.5, 0.6) is 0 Å². The molecule has 3 amide bonds. The fraction of sp³-hybridized carbons (Fsp3) is 0.500. The quantitative estimate of drug-likeness (QED) is 0.445. The molecular weight excluding hydrogens is 450 g/mol. The van der Waals surface area contributed by atoms with Crippen molar-refractivity contribution in [2.45, 2.75) is 73.4 Å². The topological polar surface area (TPSA) is 60.9 Å². The largest absolute Gasteiger partial charge is 0.339 e. The van der Waals surface area contributed by atoms with E-state index in [0.29, 0.717) is 23.1 Å². The zero-order valence-corrected chi connectivity index (χ0v) is 24.0. The van der Waals surface area contributed by atoms with Crippen molar-refractivity contribution in [1.82, 2.24) is 9.80 Å². The van der Waals surface area contributed by atoms with Gasteiger partial charge in [-0.15, -0.1) is 0 Å². The van der Waals surface area contributed by atoms with Gasteiger partial charge in [-0.2, -0.15) is 0 Å². The summed E-state index contributed by atoms with van der Waals surface area (Å²) in [7, 11) is 5.25. The fourth-order valence-electron chi connectivity index (χ4n) is 4.39. The molecule has 0 saturated carbocycles. The zero-order valence-electron chi connectivity index (χ0n) is 24.0. The first kappa shape index (κ1) is 30.9. The number of carbonyl (C=O) groups excluding carboxylic acids is 3. The molecule has 0 aromatic heterocycles. The molecule has 198 valence electrons. The van der Waals surface area contributed by atoms with E-state index in [1.165, 1.54) is 10.5 Å². The predicted octanol–water partition coefficient (Wildman–Crippen LogP) is 6.08. The summed E-state index contributed by atoms with van der Waals surface area (Å²) in [6, 6.07) is 15.0. The molecule has 0 saturated heterocycles. The number of amides is 3. The maximum Gasteiger partial charge on any atom is 0.256 e. The van der Waals surface area contributed by atoms with Crippen molar-refractivity contribution >= 4 is 23.4 Å². The average Bonchev–Trinajstić information content (AvgIpc) is 3.04. The number of benzene rings is 2. The molecule has 4 rings (SSSR count). The van der Waals surface area contributed by atoms with Gasteiger partial charge in [0.2, 0.25) is 5.91 Å². The molecular formula is C30H45N3O3. The summed E-state index contributed by atoms with van der Waals surface area (Å²) in [6.45, 7) is 16.3. The van der Waals surface area contributed by atoms with Gasteiger partial charge in [-0.05, 0) is 49.4 Å². The number of carbonyl (C=O) groups is 3. The van der Waals surface area contributed by atoms with Crippen LogP contribution in [-0.2, 0) is 4.79 Å². The highest BCUT2D eigenvalue weighted by Crippen LogP contribution is 2.34. The highest BCUT2D eigenvalue weighted by Gasteiger charge is 2.34. The van der Waals surface area contributed by atoms with Gasteiger partial charge in [0, 0.05) is 32.7 Å². The summed E-state index contributed by atoms with van der Waals surface area (Å²) in [5, 5.41) is 0. The van der Waals surface area contributed by atoms with Crippen LogP contribution in [0.1, 0.15) is 87.6 Å². The first-order chi connectivity index (χ1) is 17.1. The summed E-state index contributed by atoms with van der Waals surface area (Å²) in [6.07, 6.45) is 0. The molecule has 2 heterocycles. The molecule has 2 aliphatic heterocycles. The molecule has 2 aliphatic rings. The molecule has 0 N–H and O–H groups in total. The maximum absolute atomic E-state index is 12.3. The third-order valence-corrected chi connectivity index (χ3v) is 7.25. The lowest BCUT2D eigenvalue weighted by atomic mass is 9.84. The van der Waals surface area contributed by atoms with E-state index in [9.17, 15) is 14.4 Å². The molecule has 2 aromatic rings. The third kappa shape index (κ3) is 6.15. The van der Waals surface area contributed by atoms with Crippen LogP contribution in [-0.4, -0.2) is 60.7 Å². The van der Waals surface area contributed by atoms with Crippen LogP contribution in [0.25, 0.3) is 0 Å². The van der Waals surface area contributed by atoms with Crippen molar-refractivity contribution < 1.29 is 14.4 Å². The Balaban J connectivity index is 0.000000317. The lowest BCUT2D eigenvalue weighted by Gasteiger charge is -2.29. The van der Waals surface area contributed by atoms with Crippen LogP contribution < -0.4 is 4.90 Å². The van der Waals surface area contributed by atoms with Gasteiger partial charge in [0.15, 0.2) is 0 Å². The average molecular weight is 496 g/mol. The van der Waals surface area contributed by atoms with E-state index in [0.717, 1.165) is 5.56 Å². The molecule has 0 aliphatic carbocycles. The van der Waals surface area contributed by atoms with Crippen LogP contribution in [0, 0.1) is 5.92 Å². The molecule has 4 unspecified atom stereocenters. The van der Waals surface area contributed by atoms with E-state index >= 15 is 0 Å². The summed E-state index contributed by atoms with van der Waals surface area (Å²) in [5.74, 6) is 0.888. The van der Waals surface area contributed by atoms with Crippen molar-refractivity contribution in [2.75, 3.05) is 26.0 Å². The molecule has 2 aromatic carbocycles. The Labute approximate surface area is 218 Å². The van der Waals surface area contributed by atoms with Gasteiger partial charge in [-0.1, -0.05) is 71.9 Å². The predicted molar refractivity (Wildman–Crippen MR) is 150 cm³/mol. The summed E-state index contributed by atoms with van der Waals surface area (Å²) in [5.41, 5.74) is 3.31. The summed E-state index contributed by atoms with van der Waals surface area (Å²) >= 11 is 0. The van der Waals surface area contributed by atoms with E-state index in [1.807, 2.05) is 63.9 Å². The van der Waals surface area contributed by atoms with Gasteiger partial charge in [-0.25, -0.2) is 0 Å². The highest BCUT2D eigenvalue weighted by atomic mass is 16.2. The smallest absolute Gasteiger partial charge is 0.256 e. The molecule has 0 fully saturated rings. The minimum atomic E-state index is -0.426. The second-order valence-electron chi connectivity index (χ2n) is 8.90. The third-order valence-electron chi connectivity index (χ3n) is 7.25. The Bertz CT molecular complexity index is 1040. The number of anilines is 1. The molecule has 6 nitrogen and oxygen atoms in total. The number of hydrogen-bond donors (Lipinski definition) is 0. The van der Waals surface area contributed by atoms with E-state index in [4.69, 9.17) is 0 Å². The Hall–Kier alpha value is -3.15. The molecule has 6 heteroatoms. The van der Waals surface area contributed by atoms with Crippen molar-refractivity contribution in [2.24, 2.45) is 5.92 Å². The van der Waals surface area contributed by atoms with Gasteiger partial charge >= 0.3 is 0 Å². The first-order valence-electron chi connectivity index (χ1n) is 13.1. The number of hydrogen-bond acceptors (Lipinski definition) is 3.